The van der Waals surface area contributed by atoms with Gasteiger partial charge in [0.1, 0.15) is 0 Å². The molecule has 0 saturated heterocycles. The van der Waals surface area contributed by atoms with Crippen molar-refractivity contribution in [2.75, 3.05) is 19.4 Å². The zero-order valence-electron chi connectivity index (χ0n) is 13.4. The molecule has 1 fully saturated rings. The SMILES string of the molecule is CN(C)Cc1cccc(NC(=O)C2CC2c2ccccc2Cl)c1. The van der Waals surface area contributed by atoms with Gasteiger partial charge in [0.05, 0.1) is 0 Å². The third kappa shape index (κ3) is 3.92. The molecule has 1 saturated carbocycles. The van der Waals surface area contributed by atoms with Gasteiger partial charge in [0.15, 0.2) is 0 Å². The molecule has 0 aromatic heterocycles. The highest BCUT2D eigenvalue weighted by Gasteiger charge is 2.44. The molecule has 0 bridgehead atoms. The lowest BCUT2D eigenvalue weighted by molar-refractivity contribution is -0.117. The van der Waals surface area contributed by atoms with Crippen LogP contribution in [0, 0.1) is 5.92 Å². The van der Waals surface area contributed by atoms with Crippen LogP contribution in [0.15, 0.2) is 48.5 Å². The second kappa shape index (κ2) is 6.73. The van der Waals surface area contributed by atoms with Gasteiger partial charge in [0, 0.05) is 23.2 Å². The van der Waals surface area contributed by atoms with Crippen molar-refractivity contribution in [3.8, 4) is 0 Å². The van der Waals surface area contributed by atoms with E-state index in [0.29, 0.717) is 0 Å². The number of anilines is 1. The Morgan fingerprint density at radius 1 is 1.22 bits per heavy atom. The predicted octanol–water partition coefficient (Wildman–Crippen LogP) is 4.14. The van der Waals surface area contributed by atoms with Crippen LogP contribution in [0.3, 0.4) is 0 Å². The molecule has 2 aromatic carbocycles. The number of hydrogen-bond donors (Lipinski definition) is 1. The largest absolute Gasteiger partial charge is 0.326 e. The van der Waals surface area contributed by atoms with E-state index in [1.807, 2.05) is 56.6 Å². The minimum absolute atomic E-state index is 0.0207. The van der Waals surface area contributed by atoms with Crippen molar-refractivity contribution in [2.45, 2.75) is 18.9 Å². The number of nitrogens with one attached hydrogen (secondary N) is 1. The Morgan fingerprint density at radius 2 is 2.00 bits per heavy atom. The van der Waals surface area contributed by atoms with Crippen LogP contribution in [0.4, 0.5) is 5.69 Å². The van der Waals surface area contributed by atoms with Crippen LogP contribution < -0.4 is 5.32 Å². The van der Waals surface area contributed by atoms with Gasteiger partial charge in [-0.3, -0.25) is 4.79 Å². The molecule has 1 amide bonds. The van der Waals surface area contributed by atoms with Gasteiger partial charge < -0.3 is 10.2 Å². The van der Waals surface area contributed by atoms with Crippen LogP contribution in [0.2, 0.25) is 5.02 Å². The first-order valence-electron chi connectivity index (χ1n) is 7.83. The number of rotatable bonds is 5. The summed E-state index contributed by atoms with van der Waals surface area (Å²) < 4.78 is 0. The van der Waals surface area contributed by atoms with Crippen molar-refractivity contribution in [2.24, 2.45) is 5.92 Å². The number of benzene rings is 2. The monoisotopic (exact) mass is 328 g/mol. The smallest absolute Gasteiger partial charge is 0.228 e. The highest BCUT2D eigenvalue weighted by atomic mass is 35.5. The van der Waals surface area contributed by atoms with Crippen molar-refractivity contribution in [3.05, 3.63) is 64.7 Å². The summed E-state index contributed by atoms with van der Waals surface area (Å²) in [6, 6.07) is 15.8. The average Bonchev–Trinajstić information content (AvgIpc) is 3.28. The Kier molecular flexibility index (Phi) is 4.69. The fourth-order valence-electron chi connectivity index (χ4n) is 2.95. The van der Waals surface area contributed by atoms with E-state index >= 15 is 0 Å². The molecule has 1 aliphatic rings. The van der Waals surface area contributed by atoms with E-state index in [1.165, 1.54) is 5.56 Å². The normalized spacial score (nSPS) is 19.7. The molecule has 2 unspecified atom stereocenters. The summed E-state index contributed by atoms with van der Waals surface area (Å²) in [5.41, 5.74) is 3.13. The summed E-state index contributed by atoms with van der Waals surface area (Å²) in [6.45, 7) is 0.857. The molecule has 4 heteroatoms. The lowest BCUT2D eigenvalue weighted by atomic mass is 10.1. The second-order valence-electron chi connectivity index (χ2n) is 6.40. The molecule has 2 aromatic rings. The molecule has 0 spiro atoms. The summed E-state index contributed by atoms with van der Waals surface area (Å²) in [4.78, 5) is 14.5. The first-order valence-corrected chi connectivity index (χ1v) is 8.21. The number of hydrogen-bond acceptors (Lipinski definition) is 2. The van der Waals surface area contributed by atoms with Gasteiger partial charge in [-0.05, 0) is 55.8 Å². The standard InChI is InChI=1S/C19H21ClN2O/c1-22(2)12-13-6-5-7-14(10-13)21-19(23)17-11-16(17)15-8-3-4-9-18(15)20/h3-10,16-17H,11-12H2,1-2H3,(H,21,23). The minimum atomic E-state index is 0.0207. The maximum absolute atomic E-state index is 12.4. The number of carbonyl (C=O) groups is 1. The van der Waals surface area contributed by atoms with E-state index in [-0.39, 0.29) is 17.7 Å². The van der Waals surface area contributed by atoms with Crippen LogP contribution in [-0.4, -0.2) is 24.9 Å². The molecular formula is C19H21ClN2O. The molecule has 2 atom stereocenters. The van der Waals surface area contributed by atoms with Gasteiger partial charge in [-0.2, -0.15) is 0 Å². The molecule has 3 rings (SSSR count). The summed E-state index contributed by atoms with van der Waals surface area (Å²) in [7, 11) is 4.06. The average molecular weight is 329 g/mol. The van der Waals surface area contributed by atoms with Crippen LogP contribution in [0.1, 0.15) is 23.5 Å². The van der Waals surface area contributed by atoms with Crippen LogP contribution in [0.5, 0.6) is 0 Å². The molecular weight excluding hydrogens is 308 g/mol. The molecule has 23 heavy (non-hydrogen) atoms. The third-order valence-electron chi connectivity index (χ3n) is 4.13. The lowest BCUT2D eigenvalue weighted by Gasteiger charge is -2.11. The van der Waals surface area contributed by atoms with E-state index in [2.05, 4.69) is 16.3 Å². The number of halogens is 1. The number of nitrogens with zero attached hydrogens (tertiary/aromatic N) is 1. The van der Waals surface area contributed by atoms with Gasteiger partial charge in [0.2, 0.25) is 5.91 Å². The van der Waals surface area contributed by atoms with Crippen LogP contribution in [0.25, 0.3) is 0 Å². The fourth-order valence-corrected chi connectivity index (χ4v) is 3.23. The highest BCUT2D eigenvalue weighted by molar-refractivity contribution is 6.31. The molecule has 3 nitrogen and oxygen atoms in total. The van der Waals surface area contributed by atoms with Crippen molar-refractivity contribution in [3.63, 3.8) is 0 Å². The quantitative estimate of drug-likeness (QED) is 0.894. The molecule has 120 valence electrons. The van der Waals surface area contributed by atoms with Crippen molar-refractivity contribution >= 4 is 23.2 Å². The van der Waals surface area contributed by atoms with Gasteiger partial charge in [0.25, 0.3) is 0 Å². The highest BCUT2D eigenvalue weighted by Crippen LogP contribution is 2.49. The Labute approximate surface area is 142 Å². The zero-order chi connectivity index (χ0) is 16.4. The zero-order valence-corrected chi connectivity index (χ0v) is 14.2. The second-order valence-corrected chi connectivity index (χ2v) is 6.80. The van der Waals surface area contributed by atoms with Crippen molar-refractivity contribution in [1.29, 1.82) is 0 Å². The van der Waals surface area contributed by atoms with E-state index in [9.17, 15) is 4.79 Å². The fraction of sp³-hybridized carbons (Fsp3) is 0.316. The first kappa shape index (κ1) is 16.0. The maximum Gasteiger partial charge on any atom is 0.228 e. The van der Waals surface area contributed by atoms with E-state index in [1.54, 1.807) is 0 Å². The van der Waals surface area contributed by atoms with Gasteiger partial charge in [-0.25, -0.2) is 0 Å². The van der Waals surface area contributed by atoms with Gasteiger partial charge in [-0.1, -0.05) is 41.9 Å². The number of amides is 1. The van der Waals surface area contributed by atoms with E-state index in [0.717, 1.165) is 29.2 Å². The molecule has 1 aliphatic carbocycles. The topological polar surface area (TPSA) is 32.3 Å². The Hall–Kier alpha value is -1.84. The molecule has 0 aliphatic heterocycles. The van der Waals surface area contributed by atoms with Crippen molar-refractivity contribution in [1.82, 2.24) is 4.90 Å². The Balaban J connectivity index is 1.64. The summed E-state index contributed by atoms with van der Waals surface area (Å²) in [6.07, 6.45) is 0.868. The molecule has 0 heterocycles. The first-order chi connectivity index (χ1) is 11.0. The summed E-state index contributed by atoms with van der Waals surface area (Å²) in [5.74, 6) is 0.345. The van der Waals surface area contributed by atoms with Gasteiger partial charge in [-0.15, -0.1) is 0 Å². The molecule has 0 radical (unpaired) electrons. The van der Waals surface area contributed by atoms with E-state index < -0.39 is 0 Å². The van der Waals surface area contributed by atoms with E-state index in [4.69, 9.17) is 11.6 Å². The maximum atomic E-state index is 12.4. The third-order valence-corrected chi connectivity index (χ3v) is 4.47. The lowest BCUT2D eigenvalue weighted by Crippen LogP contribution is -2.15. The Morgan fingerprint density at radius 3 is 2.74 bits per heavy atom. The van der Waals surface area contributed by atoms with Gasteiger partial charge >= 0.3 is 0 Å². The Bertz CT molecular complexity index is 714. The van der Waals surface area contributed by atoms with Crippen LogP contribution >= 0.6 is 11.6 Å². The summed E-state index contributed by atoms with van der Waals surface area (Å²) >= 11 is 6.22. The van der Waals surface area contributed by atoms with Crippen molar-refractivity contribution < 1.29 is 4.79 Å². The summed E-state index contributed by atoms with van der Waals surface area (Å²) in [5, 5.41) is 3.79. The van der Waals surface area contributed by atoms with Crippen LogP contribution in [-0.2, 0) is 11.3 Å². The minimum Gasteiger partial charge on any atom is -0.326 e. The predicted molar refractivity (Wildman–Crippen MR) is 94.8 cm³/mol. The molecule has 1 N–H and O–H groups in total. The number of carbonyl (C=O) groups excluding carboxylic acids is 1.